The summed E-state index contributed by atoms with van der Waals surface area (Å²) in [5.41, 5.74) is 1.01. The van der Waals surface area contributed by atoms with Crippen LogP contribution in [0.15, 0.2) is 16.3 Å². The normalized spacial score (nSPS) is 14.6. The molecule has 0 saturated carbocycles. The number of nitrogens with one attached hydrogen (secondary N) is 1. The number of fused-ring (bicyclic) bond motifs is 1. The first-order valence-corrected chi connectivity index (χ1v) is 8.97. The van der Waals surface area contributed by atoms with Gasteiger partial charge in [0.2, 0.25) is 0 Å². The first-order chi connectivity index (χ1) is 9.10. The van der Waals surface area contributed by atoms with Gasteiger partial charge in [0.1, 0.15) is 4.90 Å². The number of aryl methyl sites for hydroxylation is 2. The fourth-order valence-electron chi connectivity index (χ4n) is 2.09. The lowest BCUT2D eigenvalue weighted by Crippen LogP contribution is -2.13. The van der Waals surface area contributed by atoms with E-state index in [4.69, 9.17) is 5.11 Å². The first kappa shape index (κ1) is 13.0. The van der Waals surface area contributed by atoms with E-state index < -0.39 is 10.0 Å². The van der Waals surface area contributed by atoms with Crippen molar-refractivity contribution in [2.24, 2.45) is 0 Å². The molecule has 0 fully saturated rings. The van der Waals surface area contributed by atoms with Crippen LogP contribution >= 0.6 is 22.7 Å². The highest BCUT2D eigenvalue weighted by Gasteiger charge is 2.23. The van der Waals surface area contributed by atoms with Crippen molar-refractivity contribution in [3.63, 3.8) is 0 Å². The van der Waals surface area contributed by atoms with Crippen molar-refractivity contribution in [1.82, 2.24) is 4.98 Å². The predicted molar refractivity (Wildman–Crippen MR) is 75.2 cm³/mol. The third-order valence-corrected chi connectivity index (χ3v) is 6.62. The molecule has 1 aliphatic rings. The zero-order chi connectivity index (χ0) is 13.5. The van der Waals surface area contributed by atoms with Crippen LogP contribution in [0.25, 0.3) is 0 Å². The van der Waals surface area contributed by atoms with E-state index in [1.165, 1.54) is 33.6 Å². The van der Waals surface area contributed by atoms with Crippen molar-refractivity contribution < 1.29 is 13.5 Å². The molecule has 5 nitrogen and oxygen atoms in total. The monoisotopic (exact) mass is 316 g/mol. The number of thiazole rings is 1. The Morgan fingerprint density at radius 2 is 2.26 bits per heavy atom. The Morgan fingerprint density at radius 1 is 1.42 bits per heavy atom. The molecule has 2 aromatic heterocycles. The largest absolute Gasteiger partial charge is 0.391 e. The molecular weight excluding hydrogens is 304 g/mol. The number of thiophene rings is 1. The minimum atomic E-state index is -3.65. The molecule has 19 heavy (non-hydrogen) atoms. The lowest BCUT2D eigenvalue weighted by atomic mass is 10.4. The lowest BCUT2D eigenvalue weighted by Gasteiger charge is -2.05. The van der Waals surface area contributed by atoms with Crippen LogP contribution in [-0.2, 0) is 29.5 Å². The second-order valence-corrected chi connectivity index (χ2v) is 7.95. The van der Waals surface area contributed by atoms with E-state index >= 15 is 0 Å². The van der Waals surface area contributed by atoms with Crippen LogP contribution in [0.4, 0.5) is 5.13 Å². The molecule has 0 aliphatic heterocycles. The number of anilines is 1. The smallest absolute Gasteiger partial charge is 0.264 e. The highest BCUT2D eigenvalue weighted by atomic mass is 32.2. The van der Waals surface area contributed by atoms with E-state index in [2.05, 4.69) is 9.71 Å². The van der Waals surface area contributed by atoms with E-state index in [9.17, 15) is 8.42 Å². The molecule has 2 aromatic rings. The molecule has 0 saturated heterocycles. The molecule has 8 heteroatoms. The van der Waals surface area contributed by atoms with Crippen LogP contribution in [0.2, 0.25) is 0 Å². The molecule has 2 N–H and O–H groups in total. The van der Waals surface area contributed by atoms with Gasteiger partial charge in [0.15, 0.2) is 5.13 Å². The maximum Gasteiger partial charge on any atom is 0.264 e. The molecule has 1 aliphatic carbocycles. The summed E-state index contributed by atoms with van der Waals surface area (Å²) in [6, 6.07) is 1.50. The topological polar surface area (TPSA) is 79.3 Å². The van der Waals surface area contributed by atoms with Gasteiger partial charge in [-0.2, -0.15) is 0 Å². The van der Waals surface area contributed by atoms with Crippen molar-refractivity contribution >= 4 is 37.8 Å². The van der Waals surface area contributed by atoms with E-state index in [-0.39, 0.29) is 11.5 Å². The maximum absolute atomic E-state index is 12.2. The highest BCUT2D eigenvalue weighted by molar-refractivity contribution is 7.93. The minimum absolute atomic E-state index is 0.135. The zero-order valence-corrected chi connectivity index (χ0v) is 12.4. The Balaban J connectivity index is 1.89. The summed E-state index contributed by atoms with van der Waals surface area (Å²) in [7, 11) is -3.65. The summed E-state index contributed by atoms with van der Waals surface area (Å²) in [6.07, 6.45) is 3.00. The fraction of sp³-hybridized carbons (Fsp3) is 0.364. The van der Waals surface area contributed by atoms with Crippen molar-refractivity contribution in [1.29, 1.82) is 0 Å². The average molecular weight is 316 g/mol. The molecular formula is C11H12N2O3S3. The fourth-order valence-corrected chi connectivity index (χ4v) is 5.67. The van der Waals surface area contributed by atoms with Gasteiger partial charge < -0.3 is 5.11 Å². The molecule has 0 bridgehead atoms. The standard InChI is InChI=1S/C11H12N2O3S3/c14-6-9-10(4-5-17-9)19(15,16)13-11-12-7-2-1-3-8(7)18-11/h4-5,14H,1-3,6H2,(H,12,13). The van der Waals surface area contributed by atoms with Crippen molar-refractivity contribution in [2.45, 2.75) is 30.8 Å². The number of sulfonamides is 1. The van der Waals surface area contributed by atoms with Gasteiger partial charge in [0.25, 0.3) is 10.0 Å². The van der Waals surface area contributed by atoms with Crippen LogP contribution in [0, 0.1) is 0 Å². The molecule has 0 unspecified atom stereocenters. The Labute approximate surface area is 119 Å². The minimum Gasteiger partial charge on any atom is -0.391 e. The van der Waals surface area contributed by atoms with Gasteiger partial charge >= 0.3 is 0 Å². The van der Waals surface area contributed by atoms with E-state index in [1.807, 2.05) is 0 Å². The van der Waals surface area contributed by atoms with E-state index in [0.29, 0.717) is 10.0 Å². The number of aliphatic hydroxyl groups is 1. The summed E-state index contributed by atoms with van der Waals surface area (Å²) >= 11 is 2.62. The number of aliphatic hydroxyl groups excluding tert-OH is 1. The summed E-state index contributed by atoms with van der Waals surface area (Å²) in [4.78, 5) is 6.06. The molecule has 0 radical (unpaired) electrons. The lowest BCUT2D eigenvalue weighted by molar-refractivity contribution is 0.282. The quantitative estimate of drug-likeness (QED) is 0.904. The third-order valence-electron chi connectivity index (χ3n) is 2.96. The third kappa shape index (κ3) is 2.40. The molecule has 0 amide bonds. The van der Waals surface area contributed by atoms with Crippen LogP contribution < -0.4 is 4.72 Å². The molecule has 0 atom stereocenters. The van der Waals surface area contributed by atoms with Crippen molar-refractivity contribution in [2.75, 3.05) is 4.72 Å². The summed E-state index contributed by atoms with van der Waals surface area (Å²) in [5, 5.41) is 11.2. The zero-order valence-electron chi connectivity index (χ0n) is 9.92. The van der Waals surface area contributed by atoms with E-state index in [1.54, 1.807) is 5.38 Å². The van der Waals surface area contributed by atoms with E-state index in [0.717, 1.165) is 25.0 Å². The van der Waals surface area contributed by atoms with Gasteiger partial charge in [0.05, 0.1) is 17.2 Å². The van der Waals surface area contributed by atoms with Gasteiger partial charge in [-0.05, 0) is 30.7 Å². The molecule has 3 rings (SSSR count). The number of rotatable bonds is 4. The SMILES string of the molecule is O=S(=O)(Nc1nc2c(s1)CCC2)c1ccsc1CO. The summed E-state index contributed by atoms with van der Waals surface area (Å²) in [5.74, 6) is 0. The second kappa shape index (κ2) is 4.86. The average Bonchev–Trinajstić information content (AvgIpc) is 3.00. The Kier molecular flexibility index (Phi) is 3.34. The van der Waals surface area contributed by atoms with Gasteiger partial charge in [-0.25, -0.2) is 13.4 Å². The summed E-state index contributed by atoms with van der Waals surface area (Å²) < 4.78 is 26.9. The van der Waals surface area contributed by atoms with Crippen LogP contribution in [-0.4, -0.2) is 18.5 Å². The number of nitrogens with zero attached hydrogens (tertiary/aromatic N) is 1. The molecule has 0 spiro atoms. The number of hydrogen-bond donors (Lipinski definition) is 2. The molecule has 0 aromatic carbocycles. The van der Waals surface area contributed by atoms with Crippen molar-refractivity contribution in [3.05, 3.63) is 26.9 Å². The van der Waals surface area contributed by atoms with Gasteiger partial charge in [-0.1, -0.05) is 0 Å². The van der Waals surface area contributed by atoms with Crippen LogP contribution in [0.1, 0.15) is 21.9 Å². The maximum atomic E-state index is 12.2. The second-order valence-electron chi connectivity index (χ2n) is 4.21. The van der Waals surface area contributed by atoms with Gasteiger partial charge in [0, 0.05) is 4.88 Å². The highest BCUT2D eigenvalue weighted by Crippen LogP contribution is 2.32. The van der Waals surface area contributed by atoms with Gasteiger partial charge in [-0.15, -0.1) is 22.7 Å². The van der Waals surface area contributed by atoms with Crippen molar-refractivity contribution in [3.8, 4) is 0 Å². The first-order valence-electron chi connectivity index (χ1n) is 5.79. The number of aromatic nitrogens is 1. The predicted octanol–water partition coefficient (Wildman–Crippen LogP) is 1.99. The molecule has 102 valence electrons. The Hall–Kier alpha value is -0.960. The van der Waals surface area contributed by atoms with Crippen LogP contribution in [0.5, 0.6) is 0 Å². The Morgan fingerprint density at radius 3 is 3.00 bits per heavy atom. The van der Waals surface area contributed by atoms with Crippen LogP contribution in [0.3, 0.4) is 0 Å². The number of hydrogen-bond acceptors (Lipinski definition) is 6. The Bertz CT molecular complexity index is 681. The summed E-state index contributed by atoms with van der Waals surface area (Å²) in [6.45, 7) is -0.276. The molecule has 2 heterocycles. The van der Waals surface area contributed by atoms with Gasteiger partial charge in [-0.3, -0.25) is 4.72 Å².